The van der Waals surface area contributed by atoms with Gasteiger partial charge in [-0.3, -0.25) is 4.79 Å². The molecule has 2 aliphatic heterocycles. The number of carboxylic acids is 1. The fourth-order valence-corrected chi connectivity index (χ4v) is 5.03. The third-order valence-electron chi connectivity index (χ3n) is 6.76. The molecule has 1 unspecified atom stereocenters. The number of rotatable bonds is 4. The molecule has 0 amide bonds. The highest BCUT2D eigenvalue weighted by Gasteiger charge is 2.52. The van der Waals surface area contributed by atoms with Gasteiger partial charge >= 0.3 is 5.97 Å². The van der Waals surface area contributed by atoms with Crippen LogP contribution in [-0.2, 0) is 23.2 Å². The van der Waals surface area contributed by atoms with E-state index < -0.39 is 18.1 Å². The maximum absolute atomic E-state index is 10.4. The van der Waals surface area contributed by atoms with Crippen molar-refractivity contribution in [3.63, 3.8) is 0 Å². The third kappa shape index (κ3) is 4.62. The van der Waals surface area contributed by atoms with E-state index in [0.29, 0.717) is 12.8 Å². The fraction of sp³-hybridized carbons (Fsp3) is 0.423. The molecular weight excluding hydrogens is 420 g/mol. The van der Waals surface area contributed by atoms with Crippen molar-refractivity contribution in [3.05, 3.63) is 71.3 Å². The van der Waals surface area contributed by atoms with Crippen molar-refractivity contribution < 1.29 is 24.5 Å². The van der Waals surface area contributed by atoms with Crippen molar-refractivity contribution in [3.8, 4) is 11.5 Å². The van der Waals surface area contributed by atoms with E-state index in [1.54, 1.807) is 7.11 Å². The number of nitrogens with two attached hydrogens (primary N) is 1. The number of aliphatic hydroxyl groups excluding tert-OH is 1. The topological polar surface area (TPSA) is 105 Å². The Bertz CT molecular complexity index is 1020. The Kier molecular flexibility index (Phi) is 6.74. The number of hydrogen-bond donors (Lipinski definition) is 3. The summed E-state index contributed by atoms with van der Waals surface area (Å²) in [6, 6.07) is 12.7. The van der Waals surface area contributed by atoms with Crippen LogP contribution >= 0.6 is 0 Å². The Labute approximate surface area is 194 Å². The van der Waals surface area contributed by atoms with Crippen LogP contribution < -0.4 is 15.2 Å². The minimum atomic E-state index is -0.959. The molecule has 4 atom stereocenters. The van der Waals surface area contributed by atoms with Crippen LogP contribution in [0, 0.1) is 0 Å². The Balaban J connectivity index is 0.000000185. The Hall–Kier alpha value is -2.87. The average molecular weight is 453 g/mol. The molecule has 2 aromatic rings. The second-order valence-corrected chi connectivity index (χ2v) is 9.06. The summed E-state index contributed by atoms with van der Waals surface area (Å²) >= 11 is 0. The van der Waals surface area contributed by atoms with Crippen molar-refractivity contribution in [2.75, 3.05) is 20.7 Å². The van der Waals surface area contributed by atoms with Gasteiger partial charge in [0.1, 0.15) is 12.1 Å². The molecule has 0 fully saturated rings. The second-order valence-electron chi connectivity index (χ2n) is 9.06. The van der Waals surface area contributed by atoms with Crippen LogP contribution in [0.2, 0.25) is 0 Å². The lowest BCUT2D eigenvalue weighted by molar-refractivity contribution is -0.138. The SMILES string of the molecule is COc1ccc2c3c1O[C@H]1C[C@@H](O)C=C[C@@]31CCN(C)C2.NC(Cc1ccccc1)C(=O)O. The summed E-state index contributed by atoms with van der Waals surface area (Å²) in [7, 11) is 3.84. The Morgan fingerprint density at radius 2 is 2.06 bits per heavy atom. The first kappa shape index (κ1) is 23.3. The van der Waals surface area contributed by atoms with E-state index in [9.17, 15) is 9.90 Å². The molecule has 7 nitrogen and oxygen atoms in total. The zero-order chi connectivity index (χ0) is 23.6. The largest absolute Gasteiger partial charge is 0.493 e. The van der Waals surface area contributed by atoms with Gasteiger partial charge in [0, 0.05) is 18.5 Å². The minimum absolute atomic E-state index is 0.00838. The molecule has 0 radical (unpaired) electrons. The van der Waals surface area contributed by atoms with Gasteiger partial charge in [-0.05, 0) is 43.6 Å². The summed E-state index contributed by atoms with van der Waals surface area (Å²) in [4.78, 5) is 12.7. The van der Waals surface area contributed by atoms with E-state index in [2.05, 4.69) is 24.1 Å². The number of nitrogens with zero attached hydrogens (tertiary/aromatic N) is 1. The number of carboxylic acid groups (broad SMARTS) is 1. The highest BCUT2D eigenvalue weighted by Crippen LogP contribution is 2.55. The predicted molar refractivity (Wildman–Crippen MR) is 126 cm³/mol. The van der Waals surface area contributed by atoms with Gasteiger partial charge in [-0.1, -0.05) is 48.6 Å². The van der Waals surface area contributed by atoms with Gasteiger partial charge in [0.2, 0.25) is 0 Å². The lowest BCUT2D eigenvalue weighted by Crippen LogP contribution is -2.42. The van der Waals surface area contributed by atoms with E-state index in [-0.39, 0.29) is 11.5 Å². The number of benzene rings is 2. The fourth-order valence-electron chi connectivity index (χ4n) is 5.03. The van der Waals surface area contributed by atoms with Crippen LogP contribution in [0.5, 0.6) is 11.5 Å². The molecule has 33 heavy (non-hydrogen) atoms. The first-order chi connectivity index (χ1) is 15.8. The monoisotopic (exact) mass is 452 g/mol. The number of carbonyl (C=O) groups is 1. The molecule has 0 saturated carbocycles. The van der Waals surface area contributed by atoms with Gasteiger partial charge in [-0.15, -0.1) is 0 Å². The summed E-state index contributed by atoms with van der Waals surface area (Å²) in [5.41, 5.74) is 8.78. The predicted octanol–water partition coefficient (Wildman–Crippen LogP) is 2.49. The number of ether oxygens (including phenoxy) is 2. The number of aliphatic hydroxyl groups is 1. The van der Waals surface area contributed by atoms with Crippen molar-refractivity contribution in [1.29, 1.82) is 0 Å². The summed E-state index contributed by atoms with van der Waals surface area (Å²) in [5, 5.41) is 18.5. The third-order valence-corrected chi connectivity index (χ3v) is 6.76. The highest BCUT2D eigenvalue weighted by atomic mass is 16.5. The van der Waals surface area contributed by atoms with Gasteiger partial charge in [0.25, 0.3) is 0 Å². The van der Waals surface area contributed by atoms with Crippen molar-refractivity contribution in [2.24, 2.45) is 5.73 Å². The average Bonchev–Trinajstić information content (AvgIpc) is 3.06. The quantitative estimate of drug-likeness (QED) is 0.612. The van der Waals surface area contributed by atoms with Crippen molar-refractivity contribution in [1.82, 2.24) is 4.90 Å². The molecule has 176 valence electrons. The van der Waals surface area contributed by atoms with Gasteiger partial charge in [0.05, 0.1) is 18.6 Å². The second kappa shape index (κ2) is 9.55. The van der Waals surface area contributed by atoms with Crippen LogP contribution in [0.4, 0.5) is 0 Å². The molecule has 3 aliphatic rings. The first-order valence-electron chi connectivity index (χ1n) is 11.3. The van der Waals surface area contributed by atoms with Crippen molar-refractivity contribution in [2.45, 2.75) is 49.5 Å². The molecule has 7 heteroatoms. The molecule has 1 spiro atoms. The van der Waals surface area contributed by atoms with E-state index >= 15 is 0 Å². The Morgan fingerprint density at radius 1 is 1.30 bits per heavy atom. The normalized spacial score (nSPS) is 26.1. The van der Waals surface area contributed by atoms with Gasteiger partial charge in [-0.25, -0.2) is 0 Å². The van der Waals surface area contributed by atoms with Gasteiger partial charge in [0.15, 0.2) is 11.5 Å². The van der Waals surface area contributed by atoms with Gasteiger partial charge < -0.3 is 30.3 Å². The van der Waals surface area contributed by atoms with E-state index in [1.807, 2.05) is 42.5 Å². The summed E-state index contributed by atoms with van der Waals surface area (Å²) < 4.78 is 11.8. The molecule has 0 saturated heterocycles. The highest BCUT2D eigenvalue weighted by molar-refractivity contribution is 5.73. The zero-order valence-electron chi connectivity index (χ0n) is 19.1. The van der Waals surface area contributed by atoms with Gasteiger partial charge in [-0.2, -0.15) is 0 Å². The molecular formula is C26H32N2O5. The number of hydrogen-bond acceptors (Lipinski definition) is 6. The summed E-state index contributed by atoms with van der Waals surface area (Å²) in [5.74, 6) is 0.725. The maximum Gasteiger partial charge on any atom is 0.320 e. The maximum atomic E-state index is 10.4. The first-order valence-corrected chi connectivity index (χ1v) is 11.3. The molecule has 2 aromatic carbocycles. The molecule has 0 aromatic heterocycles. The molecule has 5 rings (SSSR count). The van der Waals surface area contributed by atoms with E-state index in [0.717, 1.165) is 36.6 Å². The van der Waals surface area contributed by atoms with Crippen LogP contribution in [0.25, 0.3) is 0 Å². The van der Waals surface area contributed by atoms with E-state index in [1.165, 1.54) is 11.1 Å². The van der Waals surface area contributed by atoms with Crippen LogP contribution in [0.15, 0.2) is 54.6 Å². The molecule has 4 N–H and O–H groups in total. The van der Waals surface area contributed by atoms with Crippen LogP contribution in [0.3, 0.4) is 0 Å². The smallest absolute Gasteiger partial charge is 0.320 e. The molecule has 0 bridgehead atoms. The summed E-state index contributed by atoms with van der Waals surface area (Å²) in [6.45, 7) is 1.96. The van der Waals surface area contributed by atoms with Crippen molar-refractivity contribution >= 4 is 5.97 Å². The van der Waals surface area contributed by atoms with Crippen LogP contribution in [0.1, 0.15) is 29.5 Å². The standard InChI is InChI=1S/C17H21NO3.C9H11NO2/c1-18-8-7-17-6-5-12(19)9-14(17)21-16-13(20-2)4-3-11(10-18)15(16)17;10-8(9(11)12)6-7-4-2-1-3-5-7/h3-6,12,14,19H,7-10H2,1-2H3;1-5,8H,6,10H2,(H,11,12)/t12-,14-,17-;/m0./s1. The van der Waals surface area contributed by atoms with Crippen LogP contribution in [-0.4, -0.2) is 60.0 Å². The number of aliphatic carboxylic acids is 1. The zero-order valence-corrected chi connectivity index (χ0v) is 19.1. The van der Waals surface area contributed by atoms with E-state index in [4.69, 9.17) is 20.3 Å². The summed E-state index contributed by atoms with van der Waals surface area (Å²) in [6.07, 6.45) is 5.76. The lowest BCUT2D eigenvalue weighted by atomic mass is 9.69. The minimum Gasteiger partial charge on any atom is -0.493 e. The molecule has 2 heterocycles. The molecule has 1 aliphatic carbocycles. The number of methoxy groups -OCH3 is 1. The lowest BCUT2D eigenvalue weighted by Gasteiger charge is -2.35. The Morgan fingerprint density at radius 3 is 2.76 bits per heavy atom.